The van der Waals surface area contributed by atoms with Crippen LogP contribution in [-0.4, -0.2) is 41.0 Å². The zero-order valence-electron chi connectivity index (χ0n) is 12.3. The van der Waals surface area contributed by atoms with Crippen LogP contribution in [0.25, 0.3) is 0 Å². The second kappa shape index (κ2) is 7.61. The van der Waals surface area contributed by atoms with Crippen LogP contribution < -0.4 is 5.32 Å². The summed E-state index contributed by atoms with van der Waals surface area (Å²) in [5.41, 5.74) is -0.263. The van der Waals surface area contributed by atoms with Gasteiger partial charge in [0.15, 0.2) is 0 Å². The van der Waals surface area contributed by atoms with Gasteiger partial charge < -0.3 is 10.1 Å². The lowest BCUT2D eigenvalue weighted by Crippen LogP contribution is -2.51. The molecular formula is C14H29NO2S. The van der Waals surface area contributed by atoms with Crippen molar-refractivity contribution in [1.29, 1.82) is 0 Å². The maximum absolute atomic E-state index is 12.3. The van der Waals surface area contributed by atoms with E-state index < -0.39 is 10.8 Å². The van der Waals surface area contributed by atoms with E-state index in [0.29, 0.717) is 11.7 Å². The maximum Gasteiger partial charge on any atom is 0.0784 e. The van der Waals surface area contributed by atoms with E-state index in [1.165, 1.54) is 25.7 Å². The summed E-state index contributed by atoms with van der Waals surface area (Å²) in [5.74, 6) is 2.27. The van der Waals surface area contributed by atoms with Crippen LogP contribution in [0.1, 0.15) is 46.5 Å². The second-order valence-electron chi connectivity index (χ2n) is 5.84. The lowest BCUT2D eigenvalue weighted by molar-refractivity contribution is -0.00334. The molecule has 0 aliphatic heterocycles. The first-order chi connectivity index (χ1) is 8.49. The fourth-order valence-electron chi connectivity index (χ4n) is 2.59. The number of ether oxygens (including phenoxy) is 1. The van der Waals surface area contributed by atoms with E-state index in [2.05, 4.69) is 26.1 Å². The Balaban J connectivity index is 2.46. The third kappa shape index (κ3) is 4.98. The lowest BCUT2D eigenvalue weighted by Gasteiger charge is -2.33. The van der Waals surface area contributed by atoms with E-state index in [4.69, 9.17) is 4.74 Å². The predicted molar refractivity (Wildman–Crippen MR) is 78.4 cm³/mol. The smallest absolute Gasteiger partial charge is 0.0784 e. The van der Waals surface area contributed by atoms with E-state index >= 15 is 0 Å². The molecule has 3 nitrogen and oxygen atoms in total. The van der Waals surface area contributed by atoms with Gasteiger partial charge in [-0.1, -0.05) is 19.8 Å². The summed E-state index contributed by atoms with van der Waals surface area (Å²) in [7, 11) is 0.994. The highest BCUT2D eigenvalue weighted by Gasteiger charge is 2.30. The van der Waals surface area contributed by atoms with Crippen LogP contribution in [0.4, 0.5) is 0 Å². The van der Waals surface area contributed by atoms with Crippen LogP contribution in [0.3, 0.4) is 0 Å². The number of rotatable bonds is 8. The largest absolute Gasteiger partial charge is 0.377 e. The van der Waals surface area contributed by atoms with Crippen molar-refractivity contribution in [2.45, 2.75) is 58.1 Å². The van der Waals surface area contributed by atoms with Gasteiger partial charge in [0, 0.05) is 35.5 Å². The van der Waals surface area contributed by atoms with Gasteiger partial charge in [0.05, 0.1) is 5.60 Å². The molecule has 1 aliphatic carbocycles. The highest BCUT2D eigenvalue weighted by molar-refractivity contribution is 7.85. The van der Waals surface area contributed by atoms with Gasteiger partial charge in [-0.05, 0) is 39.2 Å². The summed E-state index contributed by atoms with van der Waals surface area (Å²) in [6, 6.07) is 0.162. The van der Waals surface area contributed by atoms with E-state index in [1.54, 1.807) is 7.11 Å². The van der Waals surface area contributed by atoms with Crippen molar-refractivity contribution in [3.05, 3.63) is 0 Å². The second-order valence-corrected chi connectivity index (χ2v) is 7.39. The number of likely N-dealkylation sites (N-methyl/N-ethyl adjacent to an activating group) is 1. The van der Waals surface area contributed by atoms with Crippen molar-refractivity contribution < 1.29 is 8.95 Å². The third-order valence-corrected chi connectivity index (χ3v) is 5.61. The Morgan fingerprint density at radius 1 is 1.39 bits per heavy atom. The maximum atomic E-state index is 12.3. The topological polar surface area (TPSA) is 38.3 Å². The fourth-order valence-corrected chi connectivity index (χ4v) is 4.47. The minimum atomic E-state index is -0.732. The van der Waals surface area contributed by atoms with E-state index in [0.717, 1.165) is 12.3 Å². The van der Waals surface area contributed by atoms with E-state index in [-0.39, 0.29) is 11.6 Å². The average molecular weight is 275 g/mol. The molecule has 18 heavy (non-hydrogen) atoms. The third-order valence-electron chi connectivity index (χ3n) is 4.06. The first kappa shape index (κ1) is 16.1. The predicted octanol–water partition coefficient (Wildman–Crippen LogP) is 2.33. The summed E-state index contributed by atoms with van der Waals surface area (Å²) in [5, 5.41) is 3.41. The molecule has 0 aromatic carbocycles. The van der Waals surface area contributed by atoms with Gasteiger partial charge in [-0.3, -0.25) is 4.21 Å². The fraction of sp³-hybridized carbons (Fsp3) is 1.00. The molecule has 1 aliphatic rings. The lowest BCUT2D eigenvalue weighted by atomic mass is 10.0. The molecule has 2 atom stereocenters. The van der Waals surface area contributed by atoms with E-state index in [9.17, 15) is 4.21 Å². The van der Waals surface area contributed by atoms with Crippen LogP contribution >= 0.6 is 0 Å². The molecule has 0 heterocycles. The molecule has 0 aromatic rings. The number of hydrogen-bond donors (Lipinski definition) is 1. The number of nitrogens with one attached hydrogen (secondary N) is 1. The summed E-state index contributed by atoms with van der Waals surface area (Å²) in [6.45, 7) is 7.09. The van der Waals surface area contributed by atoms with Crippen molar-refractivity contribution in [1.82, 2.24) is 5.32 Å². The quantitative estimate of drug-likeness (QED) is 0.739. The SMILES string of the molecule is CCNC(CS(=O)CC1CCCC1)C(C)(C)OC. The van der Waals surface area contributed by atoms with Crippen molar-refractivity contribution >= 4 is 10.8 Å². The van der Waals surface area contributed by atoms with Crippen LogP contribution in [-0.2, 0) is 15.5 Å². The van der Waals surface area contributed by atoms with E-state index in [1.807, 2.05) is 0 Å². The van der Waals surface area contributed by atoms with Crippen molar-refractivity contribution in [3.63, 3.8) is 0 Å². The molecule has 0 spiro atoms. The van der Waals surface area contributed by atoms with Crippen molar-refractivity contribution in [2.24, 2.45) is 5.92 Å². The van der Waals surface area contributed by atoms with Crippen LogP contribution in [0.2, 0.25) is 0 Å². The minimum absolute atomic E-state index is 0.162. The molecule has 0 bridgehead atoms. The van der Waals surface area contributed by atoms with Crippen LogP contribution in [0.15, 0.2) is 0 Å². The summed E-state index contributed by atoms with van der Waals surface area (Å²) in [6.07, 6.45) is 5.18. The zero-order chi connectivity index (χ0) is 13.6. The molecule has 1 fully saturated rings. The van der Waals surface area contributed by atoms with Gasteiger partial charge in [0.2, 0.25) is 0 Å². The molecule has 0 radical (unpaired) electrons. The van der Waals surface area contributed by atoms with Gasteiger partial charge in [-0.15, -0.1) is 0 Å². The monoisotopic (exact) mass is 275 g/mol. The summed E-state index contributed by atoms with van der Waals surface area (Å²) < 4.78 is 17.8. The molecule has 1 N–H and O–H groups in total. The molecule has 0 saturated heterocycles. The van der Waals surface area contributed by atoms with Gasteiger partial charge in [-0.25, -0.2) is 0 Å². The Morgan fingerprint density at radius 2 is 2.00 bits per heavy atom. The number of hydrogen-bond acceptors (Lipinski definition) is 3. The van der Waals surface area contributed by atoms with Crippen molar-refractivity contribution in [3.8, 4) is 0 Å². The molecule has 0 aromatic heterocycles. The Morgan fingerprint density at radius 3 is 2.50 bits per heavy atom. The highest BCUT2D eigenvalue weighted by atomic mass is 32.2. The molecule has 4 heteroatoms. The van der Waals surface area contributed by atoms with Crippen LogP contribution in [0, 0.1) is 5.92 Å². The minimum Gasteiger partial charge on any atom is -0.377 e. The summed E-state index contributed by atoms with van der Waals surface area (Å²) in [4.78, 5) is 0. The normalized spacial score (nSPS) is 21.1. The number of methoxy groups -OCH3 is 1. The summed E-state index contributed by atoms with van der Waals surface area (Å²) >= 11 is 0. The first-order valence-electron chi connectivity index (χ1n) is 7.13. The molecule has 2 unspecified atom stereocenters. The molecular weight excluding hydrogens is 246 g/mol. The zero-order valence-corrected chi connectivity index (χ0v) is 13.1. The van der Waals surface area contributed by atoms with Crippen molar-refractivity contribution in [2.75, 3.05) is 25.2 Å². The van der Waals surface area contributed by atoms with Gasteiger partial charge in [0.1, 0.15) is 0 Å². The molecule has 108 valence electrons. The Hall–Kier alpha value is 0.0700. The molecule has 1 rings (SSSR count). The Kier molecular flexibility index (Phi) is 6.82. The molecule has 1 saturated carbocycles. The highest BCUT2D eigenvalue weighted by Crippen LogP contribution is 2.26. The Labute approximate surface area is 115 Å². The Bertz CT molecular complexity index is 263. The van der Waals surface area contributed by atoms with Gasteiger partial charge in [0.25, 0.3) is 0 Å². The molecule has 0 amide bonds. The first-order valence-corrected chi connectivity index (χ1v) is 8.62. The van der Waals surface area contributed by atoms with Gasteiger partial charge in [-0.2, -0.15) is 0 Å². The standard InChI is InChI=1S/C14H29NO2S/c1-5-15-13(14(2,3)17-4)11-18(16)10-12-8-6-7-9-12/h12-13,15H,5-11H2,1-4H3. The average Bonchev–Trinajstić information content (AvgIpc) is 2.81. The van der Waals surface area contributed by atoms with Gasteiger partial charge >= 0.3 is 0 Å². The van der Waals surface area contributed by atoms with Crippen LogP contribution in [0.5, 0.6) is 0 Å².